The van der Waals surface area contributed by atoms with Crippen LogP contribution in [0.4, 0.5) is 5.82 Å². The lowest BCUT2D eigenvalue weighted by molar-refractivity contribution is 0.843. The zero-order valence-corrected chi connectivity index (χ0v) is 11.1. The Morgan fingerprint density at radius 2 is 2.00 bits per heavy atom. The van der Waals surface area contributed by atoms with E-state index in [1.54, 1.807) is 10.9 Å². The van der Waals surface area contributed by atoms with Gasteiger partial charge >= 0.3 is 0 Å². The molecule has 0 amide bonds. The van der Waals surface area contributed by atoms with Gasteiger partial charge < -0.3 is 5.73 Å². The van der Waals surface area contributed by atoms with Crippen molar-refractivity contribution in [1.82, 2.24) is 14.8 Å². The van der Waals surface area contributed by atoms with Crippen LogP contribution in [0.3, 0.4) is 0 Å². The summed E-state index contributed by atoms with van der Waals surface area (Å²) >= 11 is 6.70. The number of nitrogen functional groups attached to an aromatic ring is 1. The second-order valence-electron chi connectivity index (χ2n) is 3.04. The van der Waals surface area contributed by atoms with Gasteiger partial charge in [0.15, 0.2) is 11.6 Å². The van der Waals surface area contributed by atoms with E-state index in [1.807, 2.05) is 19.1 Å². The Bertz CT molecular complexity index is 487. The lowest BCUT2D eigenvalue weighted by Gasteiger charge is -2.02. The molecule has 0 saturated carbocycles. The first-order valence-electron chi connectivity index (χ1n) is 4.22. The average Bonchev–Trinajstić information content (AvgIpc) is 2.52. The van der Waals surface area contributed by atoms with E-state index >= 15 is 0 Å². The van der Waals surface area contributed by atoms with E-state index in [0.717, 1.165) is 20.5 Å². The maximum atomic E-state index is 5.63. The van der Waals surface area contributed by atoms with Crippen LogP contribution < -0.4 is 5.73 Å². The topological polar surface area (TPSA) is 56.7 Å². The van der Waals surface area contributed by atoms with Crippen LogP contribution in [0.1, 0.15) is 5.69 Å². The van der Waals surface area contributed by atoms with Crippen LogP contribution >= 0.6 is 31.9 Å². The number of aryl methyl sites for hydroxylation is 1. The number of hydrogen-bond acceptors (Lipinski definition) is 3. The number of nitrogens with two attached hydrogens (primary N) is 1. The number of anilines is 1. The third kappa shape index (κ3) is 2.05. The Morgan fingerprint density at radius 3 is 2.53 bits per heavy atom. The van der Waals surface area contributed by atoms with E-state index in [1.165, 1.54) is 0 Å². The highest BCUT2D eigenvalue weighted by atomic mass is 79.9. The number of hydrogen-bond donors (Lipinski definition) is 1. The first kappa shape index (κ1) is 10.6. The lowest BCUT2D eigenvalue weighted by atomic mass is 10.4. The molecule has 0 aliphatic heterocycles. The Morgan fingerprint density at radius 1 is 1.27 bits per heavy atom. The van der Waals surface area contributed by atoms with E-state index in [9.17, 15) is 0 Å². The molecule has 0 saturated heterocycles. The summed E-state index contributed by atoms with van der Waals surface area (Å²) in [5, 5.41) is 4.12. The second-order valence-corrected chi connectivity index (χ2v) is 4.75. The molecule has 4 nitrogen and oxygen atoms in total. The molecule has 2 aromatic rings. The van der Waals surface area contributed by atoms with Gasteiger partial charge in [0.1, 0.15) is 0 Å². The summed E-state index contributed by atoms with van der Waals surface area (Å²) in [6, 6.07) is 3.80. The molecular weight excluding hydrogens is 324 g/mol. The van der Waals surface area contributed by atoms with Crippen molar-refractivity contribution in [3.05, 3.63) is 33.0 Å². The monoisotopic (exact) mass is 330 g/mol. The Hall–Kier alpha value is -0.880. The molecule has 2 N–H and O–H groups in total. The maximum Gasteiger partial charge on any atom is 0.160 e. The van der Waals surface area contributed by atoms with E-state index in [-0.39, 0.29) is 0 Å². The molecule has 0 radical (unpaired) electrons. The molecular formula is C9H8Br2N4. The van der Waals surface area contributed by atoms with E-state index in [4.69, 9.17) is 5.73 Å². The van der Waals surface area contributed by atoms with Gasteiger partial charge in [-0.1, -0.05) is 0 Å². The second kappa shape index (κ2) is 3.94. The van der Waals surface area contributed by atoms with Crippen LogP contribution in [-0.4, -0.2) is 14.8 Å². The molecule has 0 fully saturated rings. The summed E-state index contributed by atoms with van der Waals surface area (Å²) in [6.45, 7) is 1.93. The molecule has 0 aliphatic carbocycles. The quantitative estimate of drug-likeness (QED) is 0.874. The van der Waals surface area contributed by atoms with Crippen molar-refractivity contribution in [2.24, 2.45) is 0 Å². The molecule has 0 atom stereocenters. The average molecular weight is 332 g/mol. The largest absolute Gasteiger partial charge is 0.381 e. The van der Waals surface area contributed by atoms with Gasteiger partial charge in [-0.2, -0.15) is 0 Å². The smallest absolute Gasteiger partial charge is 0.160 e. The third-order valence-electron chi connectivity index (χ3n) is 1.94. The van der Waals surface area contributed by atoms with Gasteiger partial charge in [-0.05, 0) is 50.9 Å². The normalized spacial score (nSPS) is 10.6. The van der Waals surface area contributed by atoms with Crippen molar-refractivity contribution in [3.8, 4) is 5.82 Å². The van der Waals surface area contributed by atoms with Crippen LogP contribution in [-0.2, 0) is 0 Å². The van der Waals surface area contributed by atoms with Gasteiger partial charge in [0, 0.05) is 10.7 Å². The van der Waals surface area contributed by atoms with Gasteiger partial charge in [-0.25, -0.2) is 9.67 Å². The molecule has 6 heteroatoms. The zero-order chi connectivity index (χ0) is 11.0. The minimum Gasteiger partial charge on any atom is -0.381 e. The van der Waals surface area contributed by atoms with Crippen LogP contribution in [0.25, 0.3) is 5.82 Å². The molecule has 78 valence electrons. The summed E-state index contributed by atoms with van der Waals surface area (Å²) in [5.74, 6) is 1.20. The molecule has 0 spiro atoms. The third-order valence-corrected chi connectivity index (χ3v) is 3.39. The van der Waals surface area contributed by atoms with Gasteiger partial charge in [0.2, 0.25) is 0 Å². The Kier molecular flexibility index (Phi) is 2.79. The summed E-state index contributed by atoms with van der Waals surface area (Å²) in [7, 11) is 0. The molecule has 2 rings (SSSR count). The SMILES string of the molecule is Cc1nc(-n2cc(Br)c(N)n2)ccc1Br. The van der Waals surface area contributed by atoms with Crippen LogP contribution in [0.2, 0.25) is 0 Å². The van der Waals surface area contributed by atoms with Crippen molar-refractivity contribution < 1.29 is 0 Å². The molecule has 2 heterocycles. The minimum atomic E-state index is 0.456. The molecule has 0 aromatic carbocycles. The number of rotatable bonds is 1. The lowest BCUT2D eigenvalue weighted by Crippen LogP contribution is -2.00. The number of halogens is 2. The first-order valence-corrected chi connectivity index (χ1v) is 5.80. The van der Waals surface area contributed by atoms with Crippen molar-refractivity contribution in [2.75, 3.05) is 5.73 Å². The van der Waals surface area contributed by atoms with Crippen LogP contribution in [0.5, 0.6) is 0 Å². The first-order chi connectivity index (χ1) is 7.08. The number of aromatic nitrogens is 3. The van der Waals surface area contributed by atoms with Crippen LogP contribution in [0.15, 0.2) is 27.3 Å². The zero-order valence-electron chi connectivity index (χ0n) is 7.91. The van der Waals surface area contributed by atoms with E-state index in [2.05, 4.69) is 41.9 Å². The van der Waals surface area contributed by atoms with Crippen molar-refractivity contribution in [3.63, 3.8) is 0 Å². The maximum absolute atomic E-state index is 5.63. The van der Waals surface area contributed by atoms with E-state index in [0.29, 0.717) is 5.82 Å². The highest BCUT2D eigenvalue weighted by molar-refractivity contribution is 9.10. The summed E-state index contributed by atoms with van der Waals surface area (Å²) in [5.41, 5.74) is 6.54. The molecule has 0 aliphatic rings. The standard InChI is InChI=1S/C9H8Br2N4/c1-5-6(10)2-3-8(13-5)15-4-7(11)9(12)14-15/h2-4H,1H3,(H2,12,14). The number of pyridine rings is 1. The molecule has 0 unspecified atom stereocenters. The fraction of sp³-hybridized carbons (Fsp3) is 0.111. The fourth-order valence-electron chi connectivity index (χ4n) is 1.14. The summed E-state index contributed by atoms with van der Waals surface area (Å²) in [6.07, 6.45) is 1.78. The Balaban J connectivity index is 2.49. The predicted octanol–water partition coefficient (Wildman–Crippen LogP) is 2.68. The van der Waals surface area contributed by atoms with Crippen molar-refractivity contribution in [1.29, 1.82) is 0 Å². The van der Waals surface area contributed by atoms with Crippen molar-refractivity contribution >= 4 is 37.7 Å². The van der Waals surface area contributed by atoms with Gasteiger partial charge in [0.05, 0.1) is 10.2 Å². The van der Waals surface area contributed by atoms with Gasteiger partial charge in [0.25, 0.3) is 0 Å². The fourth-order valence-corrected chi connectivity index (χ4v) is 1.64. The van der Waals surface area contributed by atoms with Crippen LogP contribution in [0, 0.1) is 6.92 Å². The van der Waals surface area contributed by atoms with Gasteiger partial charge in [-0.3, -0.25) is 0 Å². The summed E-state index contributed by atoms with van der Waals surface area (Å²) < 4.78 is 3.38. The highest BCUT2D eigenvalue weighted by Gasteiger charge is 2.06. The highest BCUT2D eigenvalue weighted by Crippen LogP contribution is 2.20. The summed E-state index contributed by atoms with van der Waals surface area (Å²) in [4.78, 5) is 4.37. The molecule has 2 aromatic heterocycles. The predicted molar refractivity (Wildman–Crippen MR) is 65.9 cm³/mol. The van der Waals surface area contributed by atoms with Gasteiger partial charge in [-0.15, -0.1) is 5.10 Å². The number of nitrogens with zero attached hydrogens (tertiary/aromatic N) is 3. The van der Waals surface area contributed by atoms with E-state index < -0.39 is 0 Å². The minimum absolute atomic E-state index is 0.456. The molecule has 0 bridgehead atoms. The van der Waals surface area contributed by atoms with Crippen molar-refractivity contribution in [2.45, 2.75) is 6.92 Å². The molecule has 15 heavy (non-hydrogen) atoms. The Labute approximate surface area is 104 Å².